The first-order valence-electron chi connectivity index (χ1n) is 6.34. The average Bonchev–Trinajstić information content (AvgIpc) is 2.51. The first kappa shape index (κ1) is 16.0. The molecule has 0 unspecified atom stereocenters. The van der Waals surface area contributed by atoms with Gasteiger partial charge in [0.15, 0.2) is 11.5 Å². The molecule has 1 aromatic heterocycles. The zero-order valence-electron chi connectivity index (χ0n) is 12.0. The second kappa shape index (κ2) is 7.04. The van der Waals surface area contributed by atoms with Gasteiger partial charge < -0.3 is 9.84 Å². The number of hydrogen-bond acceptors (Lipinski definition) is 5. The zero-order chi connectivity index (χ0) is 16.1. The first-order valence-corrected chi connectivity index (χ1v) is 7.13. The normalized spacial score (nSPS) is 10.7. The van der Waals surface area contributed by atoms with Crippen molar-refractivity contribution in [2.45, 2.75) is 6.92 Å². The summed E-state index contributed by atoms with van der Waals surface area (Å²) in [7, 11) is 1.45. The van der Waals surface area contributed by atoms with Crippen molar-refractivity contribution in [1.29, 1.82) is 0 Å². The quantitative estimate of drug-likeness (QED) is 0.645. The Morgan fingerprint density at radius 2 is 2.23 bits per heavy atom. The summed E-state index contributed by atoms with van der Waals surface area (Å²) in [5.74, 6) is -0.0344. The molecule has 22 heavy (non-hydrogen) atoms. The number of carbonyl (C=O) groups excluding carboxylic acids is 1. The fourth-order valence-corrected chi connectivity index (χ4v) is 2.12. The van der Waals surface area contributed by atoms with Crippen molar-refractivity contribution in [2.75, 3.05) is 7.11 Å². The van der Waals surface area contributed by atoms with Gasteiger partial charge in [-0.2, -0.15) is 5.10 Å². The molecule has 2 N–H and O–H groups in total. The molecule has 0 aliphatic rings. The molecule has 0 radical (unpaired) electrons. The molecule has 0 spiro atoms. The van der Waals surface area contributed by atoms with E-state index in [2.05, 4.69) is 31.4 Å². The van der Waals surface area contributed by atoms with Gasteiger partial charge in [0.2, 0.25) is 0 Å². The lowest BCUT2D eigenvalue weighted by atomic mass is 10.2. The third kappa shape index (κ3) is 3.82. The fraction of sp³-hybridized carbons (Fsp3) is 0.133. The Kier molecular flexibility index (Phi) is 5.11. The Morgan fingerprint density at radius 3 is 2.86 bits per heavy atom. The third-order valence-electron chi connectivity index (χ3n) is 2.82. The van der Waals surface area contributed by atoms with Gasteiger partial charge in [0.25, 0.3) is 5.91 Å². The zero-order valence-corrected chi connectivity index (χ0v) is 13.6. The van der Waals surface area contributed by atoms with Crippen LogP contribution in [0.2, 0.25) is 0 Å². The van der Waals surface area contributed by atoms with Gasteiger partial charge in [-0.1, -0.05) is 0 Å². The minimum atomic E-state index is -0.353. The number of benzene rings is 1. The van der Waals surface area contributed by atoms with Gasteiger partial charge in [-0.05, 0) is 52.7 Å². The number of ether oxygens (including phenoxy) is 1. The molecule has 1 amide bonds. The van der Waals surface area contributed by atoms with Crippen molar-refractivity contribution in [3.63, 3.8) is 0 Å². The maximum Gasteiger partial charge on any atom is 0.272 e. The van der Waals surface area contributed by atoms with Crippen LogP contribution in [-0.4, -0.2) is 29.3 Å². The number of aryl methyl sites for hydroxylation is 1. The predicted molar refractivity (Wildman–Crippen MR) is 86.4 cm³/mol. The summed E-state index contributed by atoms with van der Waals surface area (Å²) < 4.78 is 5.51. The predicted octanol–water partition coefficient (Wildman–Crippen LogP) is 2.63. The van der Waals surface area contributed by atoms with E-state index >= 15 is 0 Å². The van der Waals surface area contributed by atoms with E-state index < -0.39 is 0 Å². The third-order valence-corrected chi connectivity index (χ3v) is 3.43. The molecule has 114 valence electrons. The molecule has 1 heterocycles. The van der Waals surface area contributed by atoms with Crippen molar-refractivity contribution in [3.8, 4) is 11.5 Å². The van der Waals surface area contributed by atoms with Gasteiger partial charge >= 0.3 is 0 Å². The summed E-state index contributed by atoms with van der Waals surface area (Å²) in [4.78, 5) is 15.9. The van der Waals surface area contributed by atoms with Crippen LogP contribution in [0.3, 0.4) is 0 Å². The fourth-order valence-electron chi connectivity index (χ4n) is 1.66. The minimum Gasteiger partial charge on any atom is -0.503 e. The van der Waals surface area contributed by atoms with Crippen LogP contribution >= 0.6 is 15.9 Å². The van der Waals surface area contributed by atoms with Crippen LogP contribution in [0.5, 0.6) is 11.5 Å². The molecular formula is C15H14BrN3O3. The maximum atomic E-state index is 11.9. The smallest absolute Gasteiger partial charge is 0.272 e. The standard InChI is InChI=1S/C15H14BrN3O3/c1-9-3-4-11(8-17-9)15(21)19-18-7-10-5-12(16)14(20)13(6-10)22-2/h3-8,20H,1-2H3,(H,19,21). The van der Waals surface area contributed by atoms with E-state index in [1.54, 1.807) is 24.3 Å². The molecule has 0 saturated heterocycles. The van der Waals surface area contributed by atoms with E-state index in [1.807, 2.05) is 6.92 Å². The number of phenolic OH excluding ortho intramolecular Hbond substituents is 1. The van der Waals surface area contributed by atoms with E-state index in [0.29, 0.717) is 21.3 Å². The number of amides is 1. The van der Waals surface area contributed by atoms with Crippen molar-refractivity contribution in [1.82, 2.24) is 10.4 Å². The molecule has 1 aromatic carbocycles. The number of hydrazone groups is 1. The Hall–Kier alpha value is -2.41. The van der Waals surface area contributed by atoms with Crippen LogP contribution in [0, 0.1) is 6.92 Å². The highest BCUT2D eigenvalue weighted by Gasteiger charge is 2.08. The molecule has 0 saturated carbocycles. The van der Waals surface area contributed by atoms with Gasteiger partial charge in [0, 0.05) is 11.9 Å². The summed E-state index contributed by atoms with van der Waals surface area (Å²) in [6.45, 7) is 1.84. The monoisotopic (exact) mass is 363 g/mol. The molecule has 2 rings (SSSR count). The number of pyridine rings is 1. The van der Waals surface area contributed by atoms with E-state index in [0.717, 1.165) is 5.69 Å². The number of carbonyl (C=O) groups is 1. The number of hydrogen-bond donors (Lipinski definition) is 2. The van der Waals surface area contributed by atoms with Gasteiger partial charge in [0.1, 0.15) is 0 Å². The Balaban J connectivity index is 2.08. The van der Waals surface area contributed by atoms with Crippen LogP contribution in [0.4, 0.5) is 0 Å². The molecule has 2 aromatic rings. The van der Waals surface area contributed by atoms with Gasteiger partial charge in [-0.25, -0.2) is 5.43 Å². The number of nitrogens with zero attached hydrogens (tertiary/aromatic N) is 2. The second-order valence-electron chi connectivity index (χ2n) is 4.44. The maximum absolute atomic E-state index is 11.9. The number of nitrogens with one attached hydrogen (secondary N) is 1. The molecule has 0 fully saturated rings. The van der Waals surface area contributed by atoms with E-state index in [4.69, 9.17) is 4.74 Å². The van der Waals surface area contributed by atoms with Crippen LogP contribution in [-0.2, 0) is 0 Å². The number of methoxy groups -OCH3 is 1. The molecule has 0 aliphatic heterocycles. The molecule has 6 nitrogen and oxygen atoms in total. The summed E-state index contributed by atoms with van der Waals surface area (Å²) in [5, 5.41) is 13.6. The molecular weight excluding hydrogens is 350 g/mol. The van der Waals surface area contributed by atoms with Crippen molar-refractivity contribution >= 4 is 28.1 Å². The van der Waals surface area contributed by atoms with Crippen molar-refractivity contribution < 1.29 is 14.6 Å². The molecule has 7 heteroatoms. The lowest BCUT2D eigenvalue weighted by Crippen LogP contribution is -2.17. The highest BCUT2D eigenvalue weighted by molar-refractivity contribution is 9.10. The number of halogens is 1. The topological polar surface area (TPSA) is 83.8 Å². The minimum absolute atomic E-state index is 0.00872. The Labute approximate surface area is 136 Å². The molecule has 0 atom stereocenters. The summed E-state index contributed by atoms with van der Waals surface area (Å²) >= 11 is 3.21. The van der Waals surface area contributed by atoms with Crippen LogP contribution in [0.1, 0.15) is 21.6 Å². The van der Waals surface area contributed by atoms with E-state index in [1.165, 1.54) is 19.5 Å². The van der Waals surface area contributed by atoms with Gasteiger partial charge in [-0.3, -0.25) is 9.78 Å². The largest absolute Gasteiger partial charge is 0.503 e. The van der Waals surface area contributed by atoms with Crippen LogP contribution in [0.25, 0.3) is 0 Å². The Morgan fingerprint density at radius 1 is 1.45 bits per heavy atom. The van der Waals surface area contributed by atoms with Crippen molar-refractivity contribution in [2.24, 2.45) is 5.10 Å². The number of phenols is 1. The number of aromatic hydroxyl groups is 1. The summed E-state index contributed by atoms with van der Waals surface area (Å²) in [6, 6.07) is 6.68. The van der Waals surface area contributed by atoms with Crippen LogP contribution in [0.15, 0.2) is 40.0 Å². The number of rotatable bonds is 4. The highest BCUT2D eigenvalue weighted by Crippen LogP contribution is 2.34. The average molecular weight is 364 g/mol. The van der Waals surface area contributed by atoms with Gasteiger partial charge in [0.05, 0.1) is 23.4 Å². The summed E-state index contributed by atoms with van der Waals surface area (Å²) in [5.41, 5.74) is 4.32. The second-order valence-corrected chi connectivity index (χ2v) is 5.30. The lowest BCUT2D eigenvalue weighted by Gasteiger charge is -2.06. The summed E-state index contributed by atoms with van der Waals surface area (Å²) in [6.07, 6.45) is 2.94. The Bertz CT molecular complexity index is 715. The lowest BCUT2D eigenvalue weighted by molar-refractivity contribution is 0.0955. The van der Waals surface area contributed by atoms with Gasteiger partial charge in [-0.15, -0.1) is 0 Å². The molecule has 0 bridgehead atoms. The first-order chi connectivity index (χ1) is 10.5. The van der Waals surface area contributed by atoms with E-state index in [9.17, 15) is 9.90 Å². The van der Waals surface area contributed by atoms with Crippen molar-refractivity contribution in [3.05, 3.63) is 51.8 Å². The van der Waals surface area contributed by atoms with Crippen LogP contribution < -0.4 is 10.2 Å². The SMILES string of the molecule is COc1cc(C=NNC(=O)c2ccc(C)nc2)cc(Br)c1O. The van der Waals surface area contributed by atoms with E-state index in [-0.39, 0.29) is 11.7 Å². The number of aromatic nitrogens is 1. The highest BCUT2D eigenvalue weighted by atomic mass is 79.9. The molecule has 0 aliphatic carbocycles.